The maximum absolute atomic E-state index is 13.9. The number of carbonyl (C=O) groups is 1. The van der Waals surface area contributed by atoms with Crippen LogP contribution in [-0.4, -0.2) is 51.4 Å². The number of nitrogens with zero attached hydrogens (tertiary/aromatic N) is 2. The first kappa shape index (κ1) is 25.4. The number of quaternary nitrogens is 1. The molecule has 0 saturated carbocycles. The Morgan fingerprint density at radius 2 is 1.61 bits per heavy atom. The average Bonchev–Trinajstić information content (AvgIpc) is 3.30. The lowest BCUT2D eigenvalue weighted by molar-refractivity contribution is -0.929. The molecule has 0 spiro atoms. The van der Waals surface area contributed by atoms with Crippen molar-refractivity contribution < 1.29 is 18.1 Å². The second-order valence-electron chi connectivity index (χ2n) is 9.29. The van der Waals surface area contributed by atoms with Crippen molar-refractivity contribution in [2.75, 3.05) is 37.6 Å². The summed E-state index contributed by atoms with van der Waals surface area (Å²) in [5.74, 6) is -0.143. The molecule has 1 saturated heterocycles. The summed E-state index contributed by atoms with van der Waals surface area (Å²) in [4.78, 5) is 15.4. The van der Waals surface area contributed by atoms with Gasteiger partial charge in [0.1, 0.15) is 10.9 Å². The summed E-state index contributed by atoms with van der Waals surface area (Å²) in [7, 11) is -3.78. The summed E-state index contributed by atoms with van der Waals surface area (Å²) in [5, 5.41) is 0.692. The van der Waals surface area contributed by atoms with Gasteiger partial charge in [-0.1, -0.05) is 70.0 Å². The van der Waals surface area contributed by atoms with Crippen LogP contribution in [-0.2, 0) is 21.2 Å². The van der Waals surface area contributed by atoms with Crippen molar-refractivity contribution in [3.05, 3.63) is 92.9 Å². The molecular formula is C27H28BrClN3O3S+. The third kappa shape index (κ3) is 4.85. The zero-order valence-corrected chi connectivity index (χ0v) is 23.1. The highest BCUT2D eigenvalue weighted by Gasteiger charge is 2.38. The van der Waals surface area contributed by atoms with E-state index in [1.54, 1.807) is 15.3 Å². The van der Waals surface area contributed by atoms with Gasteiger partial charge in [0.05, 0.1) is 31.9 Å². The van der Waals surface area contributed by atoms with E-state index < -0.39 is 10.0 Å². The highest BCUT2D eigenvalue weighted by Crippen LogP contribution is 2.38. The topological polar surface area (TPSA) is 62.1 Å². The van der Waals surface area contributed by atoms with E-state index in [1.807, 2.05) is 36.4 Å². The molecule has 9 heteroatoms. The van der Waals surface area contributed by atoms with E-state index in [-0.39, 0.29) is 16.8 Å². The van der Waals surface area contributed by atoms with Gasteiger partial charge in [0.25, 0.3) is 0 Å². The van der Waals surface area contributed by atoms with Crippen molar-refractivity contribution in [3.63, 3.8) is 0 Å². The Hall–Kier alpha value is -2.23. The molecule has 188 valence electrons. The Kier molecular flexibility index (Phi) is 7.25. The first-order valence-electron chi connectivity index (χ1n) is 12.0. The third-order valence-electron chi connectivity index (χ3n) is 7.10. The van der Waals surface area contributed by atoms with Crippen LogP contribution in [0.5, 0.6) is 0 Å². The number of carbonyl (C=O) groups excluding carboxylic acids is 1. The number of halogens is 2. The van der Waals surface area contributed by atoms with Crippen molar-refractivity contribution in [3.8, 4) is 0 Å². The first-order chi connectivity index (χ1) is 17.3. The smallest absolute Gasteiger partial charge is 0.245 e. The minimum absolute atomic E-state index is 0.0802. The first-order valence-corrected chi connectivity index (χ1v) is 14.6. The van der Waals surface area contributed by atoms with Crippen molar-refractivity contribution in [2.24, 2.45) is 0 Å². The number of hydrogen-bond donors (Lipinski definition) is 1. The van der Waals surface area contributed by atoms with Gasteiger partial charge >= 0.3 is 0 Å². The molecule has 0 bridgehead atoms. The molecule has 5 rings (SSSR count). The molecule has 1 amide bonds. The van der Waals surface area contributed by atoms with E-state index in [1.165, 1.54) is 17.4 Å². The lowest BCUT2D eigenvalue weighted by Crippen LogP contribution is -3.15. The molecule has 3 aromatic carbocycles. The summed E-state index contributed by atoms with van der Waals surface area (Å²) in [6, 6.07) is 21.9. The lowest BCUT2D eigenvalue weighted by Gasteiger charge is -2.37. The minimum Gasteiger partial charge on any atom is -0.323 e. The van der Waals surface area contributed by atoms with E-state index >= 15 is 0 Å². The molecule has 2 heterocycles. The molecule has 0 aromatic heterocycles. The maximum Gasteiger partial charge on any atom is 0.245 e. The number of rotatable bonds is 5. The zero-order valence-electron chi connectivity index (χ0n) is 20.0. The second kappa shape index (κ2) is 10.3. The zero-order chi connectivity index (χ0) is 25.4. The van der Waals surface area contributed by atoms with Crippen molar-refractivity contribution in [1.29, 1.82) is 0 Å². The monoisotopic (exact) mass is 588 g/mol. The van der Waals surface area contributed by atoms with Gasteiger partial charge in [-0.05, 0) is 36.2 Å². The molecule has 3 aromatic rings. The van der Waals surface area contributed by atoms with E-state index in [4.69, 9.17) is 11.6 Å². The summed E-state index contributed by atoms with van der Waals surface area (Å²) in [5.41, 5.74) is 3.75. The van der Waals surface area contributed by atoms with Crippen LogP contribution in [0.15, 0.2) is 76.1 Å². The largest absolute Gasteiger partial charge is 0.323 e. The number of benzene rings is 3. The van der Waals surface area contributed by atoms with Gasteiger partial charge in [0, 0.05) is 34.1 Å². The quantitative estimate of drug-likeness (QED) is 0.494. The molecule has 36 heavy (non-hydrogen) atoms. The predicted octanol–water partition coefficient (Wildman–Crippen LogP) is 3.69. The molecular weight excluding hydrogens is 562 g/mol. The Morgan fingerprint density at radius 1 is 0.972 bits per heavy atom. The summed E-state index contributed by atoms with van der Waals surface area (Å²) in [6.45, 7) is 4.10. The Bertz CT molecular complexity index is 1380. The number of piperazine rings is 1. The molecule has 1 unspecified atom stereocenters. The fraction of sp³-hybridized carbons (Fsp3) is 0.296. The van der Waals surface area contributed by atoms with Crippen LogP contribution in [0.3, 0.4) is 0 Å². The predicted molar refractivity (Wildman–Crippen MR) is 145 cm³/mol. The summed E-state index contributed by atoms with van der Waals surface area (Å²) < 4.78 is 30.0. The maximum atomic E-state index is 13.9. The second-order valence-corrected chi connectivity index (χ2v) is 12.5. The number of amides is 1. The molecule has 2 aliphatic rings. The molecule has 1 N–H and O–H groups in total. The van der Waals surface area contributed by atoms with Crippen LogP contribution in [0.2, 0.25) is 5.02 Å². The van der Waals surface area contributed by atoms with Gasteiger partial charge in [-0.15, -0.1) is 0 Å². The number of anilines is 1. The third-order valence-corrected chi connectivity index (χ3v) is 9.72. The molecule has 2 aliphatic heterocycles. The lowest BCUT2D eigenvalue weighted by atomic mass is 9.96. The van der Waals surface area contributed by atoms with E-state index in [0.29, 0.717) is 54.3 Å². The van der Waals surface area contributed by atoms with Crippen LogP contribution < -0.4 is 9.80 Å². The van der Waals surface area contributed by atoms with E-state index in [2.05, 4.69) is 40.2 Å². The van der Waals surface area contributed by atoms with Crippen molar-refractivity contribution >= 4 is 49.1 Å². The van der Waals surface area contributed by atoms with Gasteiger partial charge < -0.3 is 9.80 Å². The molecule has 0 radical (unpaired) electrons. The van der Waals surface area contributed by atoms with Gasteiger partial charge in [-0.3, -0.25) is 4.79 Å². The van der Waals surface area contributed by atoms with Crippen LogP contribution >= 0.6 is 27.5 Å². The summed E-state index contributed by atoms with van der Waals surface area (Å²) in [6.07, 6.45) is 0.647. The van der Waals surface area contributed by atoms with Crippen molar-refractivity contribution in [1.82, 2.24) is 4.31 Å². The molecule has 6 nitrogen and oxygen atoms in total. The SMILES string of the molecule is CC(=O)N1CCc2cc(Br)cc(S(=O)(=O)N3CC[NH+](C(c4ccccc4)c4ccc(Cl)cc4)CC3)c21. The van der Waals surface area contributed by atoms with Crippen LogP contribution in [0, 0.1) is 0 Å². The van der Waals surface area contributed by atoms with E-state index in [9.17, 15) is 13.2 Å². The Morgan fingerprint density at radius 3 is 2.25 bits per heavy atom. The number of fused-ring (bicyclic) bond motifs is 1. The van der Waals surface area contributed by atoms with Crippen LogP contribution in [0.4, 0.5) is 5.69 Å². The van der Waals surface area contributed by atoms with Gasteiger partial charge in [0.2, 0.25) is 15.9 Å². The standard InChI is InChI=1S/C27H27BrClN3O3S/c1-19(33)32-12-11-22-17-23(28)18-25(27(22)32)36(34,35)31-15-13-30(14-16-31)26(20-5-3-2-4-6-20)21-7-9-24(29)10-8-21/h2-10,17-18,26H,11-16H2,1H3/p+1. The molecule has 1 atom stereocenters. The van der Waals surface area contributed by atoms with Gasteiger partial charge in [-0.25, -0.2) is 8.42 Å². The number of sulfonamides is 1. The molecule has 1 fully saturated rings. The average molecular weight is 590 g/mol. The molecule has 0 aliphatic carbocycles. The Balaban J connectivity index is 1.42. The van der Waals surface area contributed by atoms with Gasteiger partial charge in [0.15, 0.2) is 0 Å². The number of hydrogen-bond acceptors (Lipinski definition) is 3. The minimum atomic E-state index is -3.78. The van der Waals surface area contributed by atoms with Crippen LogP contribution in [0.1, 0.15) is 29.7 Å². The normalized spacial score (nSPS) is 17.7. The Labute approximate surface area is 225 Å². The van der Waals surface area contributed by atoms with Crippen LogP contribution in [0.25, 0.3) is 0 Å². The van der Waals surface area contributed by atoms with E-state index in [0.717, 1.165) is 11.1 Å². The fourth-order valence-electron chi connectivity index (χ4n) is 5.39. The fourth-order valence-corrected chi connectivity index (χ4v) is 7.87. The highest BCUT2D eigenvalue weighted by molar-refractivity contribution is 9.10. The van der Waals surface area contributed by atoms with Gasteiger partial charge in [-0.2, -0.15) is 4.31 Å². The summed E-state index contributed by atoms with van der Waals surface area (Å²) >= 11 is 9.62. The highest BCUT2D eigenvalue weighted by atomic mass is 79.9. The van der Waals surface area contributed by atoms with Crippen molar-refractivity contribution in [2.45, 2.75) is 24.3 Å². The number of nitrogens with one attached hydrogen (secondary N) is 1.